The van der Waals surface area contributed by atoms with Crippen molar-refractivity contribution in [3.8, 4) is 0 Å². The first kappa shape index (κ1) is 14.7. The van der Waals surface area contributed by atoms with E-state index in [-0.39, 0.29) is 0 Å². The molecule has 3 rings (SSSR count). The quantitative estimate of drug-likeness (QED) is 0.915. The summed E-state index contributed by atoms with van der Waals surface area (Å²) in [6.07, 6.45) is 5.35. The second-order valence-corrected chi connectivity index (χ2v) is 6.81. The molecule has 2 unspecified atom stereocenters. The Kier molecular flexibility index (Phi) is 4.69. The molecule has 0 aliphatic carbocycles. The average Bonchev–Trinajstić information content (AvgIpc) is 3.02. The minimum absolute atomic E-state index is 0.538. The lowest BCUT2D eigenvalue weighted by molar-refractivity contribution is 0.197. The van der Waals surface area contributed by atoms with E-state index < -0.39 is 0 Å². The molecule has 3 nitrogen and oxygen atoms in total. The SMILES string of the molecule is CC(Nc1ccccc1N1CCCC1)C1CCCN(C)C1. The van der Waals surface area contributed by atoms with Crippen molar-refractivity contribution < 1.29 is 0 Å². The summed E-state index contributed by atoms with van der Waals surface area (Å²) >= 11 is 0. The van der Waals surface area contributed by atoms with Gasteiger partial charge in [-0.2, -0.15) is 0 Å². The van der Waals surface area contributed by atoms with Crippen LogP contribution < -0.4 is 10.2 Å². The molecule has 2 aliphatic rings. The van der Waals surface area contributed by atoms with E-state index in [1.54, 1.807) is 0 Å². The molecule has 1 N–H and O–H groups in total. The Morgan fingerprint density at radius 1 is 1.10 bits per heavy atom. The Bertz CT molecular complexity index is 454. The van der Waals surface area contributed by atoms with Crippen molar-refractivity contribution in [2.24, 2.45) is 5.92 Å². The van der Waals surface area contributed by atoms with Gasteiger partial charge in [0.05, 0.1) is 11.4 Å². The number of para-hydroxylation sites is 2. The first-order chi connectivity index (χ1) is 10.2. The zero-order chi connectivity index (χ0) is 14.7. The molecule has 1 aromatic carbocycles. The zero-order valence-electron chi connectivity index (χ0n) is 13.5. The highest BCUT2D eigenvalue weighted by Gasteiger charge is 2.24. The highest BCUT2D eigenvalue weighted by Crippen LogP contribution is 2.30. The van der Waals surface area contributed by atoms with Crippen molar-refractivity contribution >= 4 is 11.4 Å². The summed E-state index contributed by atoms with van der Waals surface area (Å²) in [5, 5.41) is 3.81. The topological polar surface area (TPSA) is 18.5 Å². The summed E-state index contributed by atoms with van der Waals surface area (Å²) in [6, 6.07) is 9.38. The third kappa shape index (κ3) is 3.52. The second kappa shape index (κ2) is 6.69. The Morgan fingerprint density at radius 2 is 1.86 bits per heavy atom. The maximum absolute atomic E-state index is 3.81. The summed E-state index contributed by atoms with van der Waals surface area (Å²) in [5.41, 5.74) is 2.71. The summed E-state index contributed by atoms with van der Waals surface area (Å²) in [7, 11) is 2.25. The number of nitrogens with zero attached hydrogens (tertiary/aromatic N) is 2. The fraction of sp³-hybridized carbons (Fsp3) is 0.667. The molecule has 0 amide bonds. The van der Waals surface area contributed by atoms with E-state index in [1.165, 1.54) is 63.2 Å². The van der Waals surface area contributed by atoms with E-state index in [4.69, 9.17) is 0 Å². The van der Waals surface area contributed by atoms with Crippen LogP contribution in [0.5, 0.6) is 0 Å². The number of hydrogen-bond acceptors (Lipinski definition) is 3. The molecule has 21 heavy (non-hydrogen) atoms. The predicted molar refractivity (Wildman–Crippen MR) is 91.2 cm³/mol. The van der Waals surface area contributed by atoms with Crippen molar-refractivity contribution in [2.75, 3.05) is 43.4 Å². The van der Waals surface area contributed by atoms with Crippen molar-refractivity contribution in [3.63, 3.8) is 0 Å². The number of rotatable bonds is 4. The lowest BCUT2D eigenvalue weighted by Crippen LogP contribution is -2.40. The van der Waals surface area contributed by atoms with Gasteiger partial charge in [0.1, 0.15) is 0 Å². The van der Waals surface area contributed by atoms with Crippen LogP contribution in [0, 0.1) is 5.92 Å². The summed E-state index contributed by atoms with van der Waals surface area (Å²) in [4.78, 5) is 5.00. The average molecular weight is 287 g/mol. The first-order valence-electron chi connectivity index (χ1n) is 8.53. The monoisotopic (exact) mass is 287 g/mol. The molecule has 0 aromatic heterocycles. The second-order valence-electron chi connectivity index (χ2n) is 6.81. The Hall–Kier alpha value is -1.22. The number of nitrogens with one attached hydrogen (secondary N) is 1. The molecule has 2 aliphatic heterocycles. The van der Waals surface area contributed by atoms with E-state index in [1.807, 2.05) is 0 Å². The lowest BCUT2D eigenvalue weighted by Gasteiger charge is -2.35. The first-order valence-corrected chi connectivity index (χ1v) is 8.53. The van der Waals surface area contributed by atoms with Crippen molar-refractivity contribution in [2.45, 2.75) is 38.6 Å². The number of hydrogen-bond donors (Lipinski definition) is 1. The highest BCUT2D eigenvalue weighted by atomic mass is 15.2. The summed E-state index contributed by atoms with van der Waals surface area (Å²) < 4.78 is 0. The normalized spacial score (nSPS) is 25.0. The Labute approximate surface area is 129 Å². The van der Waals surface area contributed by atoms with Gasteiger partial charge in [0.15, 0.2) is 0 Å². The van der Waals surface area contributed by atoms with Gasteiger partial charge in [-0.1, -0.05) is 12.1 Å². The van der Waals surface area contributed by atoms with Crippen LogP contribution in [0.3, 0.4) is 0 Å². The maximum Gasteiger partial charge on any atom is 0.0602 e. The van der Waals surface area contributed by atoms with Crippen LogP contribution in [0.4, 0.5) is 11.4 Å². The number of benzene rings is 1. The van der Waals surface area contributed by atoms with Crippen molar-refractivity contribution in [3.05, 3.63) is 24.3 Å². The molecule has 2 heterocycles. The van der Waals surface area contributed by atoms with Crippen molar-refractivity contribution in [1.29, 1.82) is 0 Å². The molecule has 3 heteroatoms. The molecule has 2 atom stereocenters. The number of piperidine rings is 1. The largest absolute Gasteiger partial charge is 0.381 e. The smallest absolute Gasteiger partial charge is 0.0602 e. The number of likely N-dealkylation sites (tertiary alicyclic amines) is 1. The van der Waals surface area contributed by atoms with Gasteiger partial charge in [0.2, 0.25) is 0 Å². The number of anilines is 2. The Balaban J connectivity index is 1.69. The molecular weight excluding hydrogens is 258 g/mol. The van der Waals surface area contributed by atoms with E-state index in [0.29, 0.717) is 6.04 Å². The zero-order valence-corrected chi connectivity index (χ0v) is 13.5. The molecule has 2 saturated heterocycles. The van der Waals surface area contributed by atoms with E-state index in [9.17, 15) is 0 Å². The molecule has 0 bridgehead atoms. The Morgan fingerprint density at radius 3 is 2.62 bits per heavy atom. The molecule has 0 radical (unpaired) electrons. The standard InChI is InChI=1S/C18H29N3/c1-15(16-8-7-11-20(2)14-16)19-17-9-3-4-10-18(17)21-12-5-6-13-21/h3-4,9-10,15-16,19H,5-8,11-14H2,1-2H3. The predicted octanol–water partition coefficient (Wildman–Crippen LogP) is 3.43. The van der Waals surface area contributed by atoms with Crippen LogP contribution in [0.2, 0.25) is 0 Å². The molecule has 116 valence electrons. The minimum Gasteiger partial charge on any atom is -0.381 e. The summed E-state index contributed by atoms with van der Waals surface area (Å²) in [6.45, 7) is 7.25. The van der Waals surface area contributed by atoms with Gasteiger partial charge < -0.3 is 15.1 Å². The van der Waals surface area contributed by atoms with Gasteiger partial charge in [-0.3, -0.25) is 0 Å². The van der Waals surface area contributed by atoms with Gasteiger partial charge in [-0.25, -0.2) is 0 Å². The van der Waals surface area contributed by atoms with Gasteiger partial charge >= 0.3 is 0 Å². The summed E-state index contributed by atoms with van der Waals surface area (Å²) in [5.74, 6) is 0.760. The van der Waals surface area contributed by atoms with Crippen LogP contribution >= 0.6 is 0 Å². The van der Waals surface area contributed by atoms with Crippen LogP contribution in [0.25, 0.3) is 0 Å². The van der Waals surface area contributed by atoms with Crippen LogP contribution in [-0.2, 0) is 0 Å². The maximum atomic E-state index is 3.81. The van der Waals surface area contributed by atoms with Crippen LogP contribution in [0.1, 0.15) is 32.6 Å². The fourth-order valence-corrected chi connectivity index (χ4v) is 3.81. The van der Waals surface area contributed by atoms with Gasteiger partial charge in [-0.15, -0.1) is 0 Å². The van der Waals surface area contributed by atoms with Gasteiger partial charge in [0.25, 0.3) is 0 Å². The van der Waals surface area contributed by atoms with Gasteiger partial charge in [-0.05, 0) is 64.3 Å². The molecule has 0 spiro atoms. The van der Waals surface area contributed by atoms with Gasteiger partial charge in [0, 0.05) is 25.7 Å². The third-order valence-corrected chi connectivity index (χ3v) is 5.10. The van der Waals surface area contributed by atoms with E-state index in [0.717, 1.165) is 5.92 Å². The minimum atomic E-state index is 0.538. The fourth-order valence-electron chi connectivity index (χ4n) is 3.81. The van der Waals surface area contributed by atoms with E-state index in [2.05, 4.69) is 53.4 Å². The van der Waals surface area contributed by atoms with Crippen LogP contribution in [0.15, 0.2) is 24.3 Å². The molecular formula is C18H29N3. The van der Waals surface area contributed by atoms with Crippen molar-refractivity contribution in [1.82, 2.24) is 4.90 Å². The highest BCUT2D eigenvalue weighted by molar-refractivity contribution is 5.70. The van der Waals surface area contributed by atoms with Crippen LogP contribution in [-0.4, -0.2) is 44.2 Å². The molecule has 0 saturated carbocycles. The third-order valence-electron chi connectivity index (χ3n) is 5.10. The molecule has 1 aromatic rings. The molecule has 2 fully saturated rings. The van der Waals surface area contributed by atoms with E-state index >= 15 is 0 Å². The lowest BCUT2D eigenvalue weighted by atomic mass is 9.91.